The Morgan fingerprint density at radius 1 is 0.540 bits per heavy atom. The first-order valence-electron chi connectivity index (χ1n) is 18.3. The molecule has 4 heteroatoms. The molecule has 0 heterocycles. The van der Waals surface area contributed by atoms with E-state index in [4.69, 9.17) is 9.98 Å². The Bertz CT molecular complexity index is 1780. The van der Waals surface area contributed by atoms with Crippen LogP contribution in [0.4, 0.5) is 0 Å². The van der Waals surface area contributed by atoms with Gasteiger partial charge < -0.3 is 10.2 Å². The van der Waals surface area contributed by atoms with Gasteiger partial charge in [-0.25, -0.2) is 0 Å². The summed E-state index contributed by atoms with van der Waals surface area (Å²) in [7, 11) is 0. The van der Waals surface area contributed by atoms with Crippen molar-refractivity contribution in [3.63, 3.8) is 0 Å². The average molecular weight is 671 g/mol. The van der Waals surface area contributed by atoms with Gasteiger partial charge in [0.2, 0.25) is 0 Å². The summed E-state index contributed by atoms with van der Waals surface area (Å²) in [5, 5.41) is 23.6. The molecule has 5 rings (SSSR count). The van der Waals surface area contributed by atoms with Crippen LogP contribution in [0.5, 0.6) is 11.5 Å². The lowest BCUT2D eigenvalue weighted by Crippen LogP contribution is -2.27. The molecular formula is C46H58N2O2. The topological polar surface area (TPSA) is 65.2 Å². The third-order valence-corrected chi connectivity index (χ3v) is 10.3. The van der Waals surface area contributed by atoms with E-state index in [2.05, 4.69) is 119 Å². The Morgan fingerprint density at radius 3 is 1.16 bits per heavy atom. The Labute approximate surface area is 301 Å². The monoisotopic (exact) mass is 670 g/mol. The molecule has 0 bridgehead atoms. The van der Waals surface area contributed by atoms with Gasteiger partial charge in [0.15, 0.2) is 0 Å². The van der Waals surface area contributed by atoms with Crippen LogP contribution >= 0.6 is 0 Å². The summed E-state index contributed by atoms with van der Waals surface area (Å²) < 4.78 is 0. The van der Waals surface area contributed by atoms with E-state index in [-0.39, 0.29) is 22.9 Å². The third-order valence-electron chi connectivity index (χ3n) is 10.3. The average Bonchev–Trinajstić information content (AvgIpc) is 2.98. The molecule has 0 radical (unpaired) electrons. The molecule has 50 heavy (non-hydrogen) atoms. The predicted octanol–water partition coefficient (Wildman–Crippen LogP) is 11.7. The second kappa shape index (κ2) is 14.2. The highest BCUT2D eigenvalue weighted by Gasteiger charge is 2.29. The van der Waals surface area contributed by atoms with Crippen LogP contribution in [0.2, 0.25) is 0 Å². The van der Waals surface area contributed by atoms with Gasteiger partial charge >= 0.3 is 0 Å². The molecule has 0 spiro atoms. The van der Waals surface area contributed by atoms with Crippen molar-refractivity contribution in [2.24, 2.45) is 9.98 Å². The minimum absolute atomic E-state index is 0.000103. The van der Waals surface area contributed by atoms with Crippen molar-refractivity contribution < 1.29 is 10.2 Å². The van der Waals surface area contributed by atoms with Gasteiger partial charge in [0.1, 0.15) is 11.5 Å². The molecule has 1 fully saturated rings. The molecule has 0 saturated heterocycles. The van der Waals surface area contributed by atoms with Crippen LogP contribution in [0.15, 0.2) is 58.5 Å². The molecule has 4 aromatic rings. The van der Waals surface area contributed by atoms with Crippen LogP contribution in [0.1, 0.15) is 123 Å². The zero-order chi connectivity index (χ0) is 36.7. The van der Waals surface area contributed by atoms with Crippen molar-refractivity contribution >= 4 is 12.4 Å². The number of phenolic OH excluding ortho intramolecular Hbond substituents is 2. The van der Waals surface area contributed by atoms with Crippen molar-refractivity contribution in [1.29, 1.82) is 0 Å². The SMILES string of the molecule is Cc1cc(C)c(-c2ccc(C=N[C@H]3CCCC[C@@H]3N=Cc3ccc(-c4c(C)cc(C)cc4C)c(C(C)(C)C)c3O)c(O)c2C(C)(C)C)c(C)c1. The highest BCUT2D eigenvalue weighted by Crippen LogP contribution is 2.44. The number of aryl methyl sites for hydroxylation is 6. The fraction of sp³-hybridized carbons (Fsp3) is 0.435. The zero-order valence-electron chi connectivity index (χ0n) is 32.5. The number of hydrogen-bond acceptors (Lipinski definition) is 4. The van der Waals surface area contributed by atoms with Crippen LogP contribution in [-0.2, 0) is 10.8 Å². The van der Waals surface area contributed by atoms with Crippen LogP contribution in [0.25, 0.3) is 22.3 Å². The van der Waals surface area contributed by atoms with Gasteiger partial charge in [-0.3, -0.25) is 9.98 Å². The summed E-state index contributed by atoms with van der Waals surface area (Å²) >= 11 is 0. The summed E-state index contributed by atoms with van der Waals surface area (Å²) in [6, 6.07) is 17.2. The first kappa shape index (κ1) is 37.1. The molecule has 1 saturated carbocycles. The quantitative estimate of drug-likeness (QED) is 0.201. The largest absolute Gasteiger partial charge is 0.507 e. The number of benzene rings is 4. The number of phenols is 2. The predicted molar refractivity (Wildman–Crippen MR) is 214 cm³/mol. The highest BCUT2D eigenvalue weighted by molar-refractivity contribution is 5.90. The van der Waals surface area contributed by atoms with Crippen LogP contribution in [0.3, 0.4) is 0 Å². The lowest BCUT2D eigenvalue weighted by Gasteiger charge is -2.28. The molecule has 0 unspecified atom stereocenters. The number of aliphatic imine (C=N–C) groups is 2. The van der Waals surface area contributed by atoms with Gasteiger partial charge in [-0.2, -0.15) is 0 Å². The second-order valence-corrected chi connectivity index (χ2v) is 16.9. The molecule has 264 valence electrons. The first-order valence-corrected chi connectivity index (χ1v) is 18.3. The van der Waals surface area contributed by atoms with Gasteiger partial charge in [0.25, 0.3) is 0 Å². The highest BCUT2D eigenvalue weighted by atomic mass is 16.3. The van der Waals surface area contributed by atoms with E-state index in [9.17, 15) is 10.2 Å². The minimum atomic E-state index is -0.273. The van der Waals surface area contributed by atoms with E-state index in [1.165, 1.54) is 44.5 Å². The van der Waals surface area contributed by atoms with E-state index in [1.54, 1.807) is 0 Å². The number of aromatic hydroxyl groups is 2. The van der Waals surface area contributed by atoms with Gasteiger partial charge in [-0.05, 0) is 122 Å². The maximum atomic E-state index is 11.8. The molecule has 0 aromatic heterocycles. The summed E-state index contributed by atoms with van der Waals surface area (Å²) in [6.07, 6.45) is 7.80. The molecule has 2 N–H and O–H groups in total. The van der Waals surface area contributed by atoms with Crippen LogP contribution in [-0.4, -0.2) is 34.7 Å². The molecule has 2 atom stereocenters. The van der Waals surface area contributed by atoms with Crippen LogP contribution in [0, 0.1) is 41.5 Å². The molecule has 4 nitrogen and oxygen atoms in total. The lowest BCUT2D eigenvalue weighted by molar-refractivity contribution is 0.390. The van der Waals surface area contributed by atoms with E-state index in [1.807, 2.05) is 24.6 Å². The molecule has 0 aliphatic heterocycles. The summed E-state index contributed by atoms with van der Waals surface area (Å²) in [5.74, 6) is 0.598. The molecule has 0 amide bonds. The number of rotatable bonds is 6. The second-order valence-electron chi connectivity index (χ2n) is 16.9. The summed E-state index contributed by atoms with van der Waals surface area (Å²) in [4.78, 5) is 10.2. The lowest BCUT2D eigenvalue weighted by atomic mass is 9.78. The molecular weight excluding hydrogens is 613 g/mol. The molecule has 1 aliphatic rings. The Hall–Kier alpha value is -4.18. The van der Waals surface area contributed by atoms with E-state index < -0.39 is 0 Å². The molecule has 4 aromatic carbocycles. The fourth-order valence-electron chi connectivity index (χ4n) is 8.36. The van der Waals surface area contributed by atoms with Gasteiger partial charge in [0.05, 0.1) is 12.1 Å². The van der Waals surface area contributed by atoms with E-state index in [0.29, 0.717) is 11.5 Å². The van der Waals surface area contributed by atoms with Gasteiger partial charge in [0, 0.05) is 34.7 Å². The van der Waals surface area contributed by atoms with Crippen molar-refractivity contribution in [1.82, 2.24) is 0 Å². The zero-order valence-corrected chi connectivity index (χ0v) is 32.5. The Balaban J connectivity index is 1.48. The smallest absolute Gasteiger partial charge is 0.128 e. The normalized spacial score (nSPS) is 17.3. The Morgan fingerprint density at radius 2 is 0.860 bits per heavy atom. The maximum absolute atomic E-state index is 11.8. The van der Waals surface area contributed by atoms with Gasteiger partial charge in [-0.1, -0.05) is 102 Å². The van der Waals surface area contributed by atoms with Crippen molar-refractivity contribution in [3.8, 4) is 33.8 Å². The Kier molecular flexibility index (Phi) is 10.5. The first-order chi connectivity index (χ1) is 23.4. The minimum Gasteiger partial charge on any atom is -0.507 e. The van der Waals surface area contributed by atoms with Crippen LogP contribution < -0.4 is 0 Å². The number of nitrogens with zero attached hydrogens (tertiary/aromatic N) is 2. The fourth-order valence-corrected chi connectivity index (χ4v) is 8.36. The third kappa shape index (κ3) is 7.60. The van der Waals surface area contributed by atoms with Crippen molar-refractivity contribution in [3.05, 3.63) is 104 Å². The summed E-state index contributed by atoms with van der Waals surface area (Å²) in [6.45, 7) is 25.8. The van der Waals surface area contributed by atoms with E-state index in [0.717, 1.165) is 59.1 Å². The van der Waals surface area contributed by atoms with E-state index >= 15 is 0 Å². The maximum Gasteiger partial charge on any atom is 0.128 e. The molecule has 1 aliphatic carbocycles. The van der Waals surface area contributed by atoms with Crippen molar-refractivity contribution in [2.45, 2.75) is 132 Å². The number of hydrogen-bond donors (Lipinski definition) is 2. The summed E-state index contributed by atoms with van der Waals surface area (Å²) in [5.41, 5.74) is 14.7. The van der Waals surface area contributed by atoms with Crippen molar-refractivity contribution in [2.75, 3.05) is 0 Å². The van der Waals surface area contributed by atoms with Gasteiger partial charge in [-0.15, -0.1) is 0 Å². The standard InChI is InChI=1S/C46H58N2O2/c1-27-21-29(3)39(30(4)22-27)35-19-17-33(43(49)41(35)45(7,8)9)25-47-37-15-13-14-16-38(37)48-26-34-18-20-36(42(44(34)50)46(10,11)12)40-31(5)23-28(2)24-32(40)6/h17-26,37-38,49-50H,13-16H2,1-12H3/t37-,38-/m0/s1.